The van der Waals surface area contributed by atoms with Gasteiger partial charge in [-0.3, -0.25) is 19.3 Å². The topological polar surface area (TPSA) is 74.7 Å². The SMILES string of the molecule is CC1=CC(=O)N(CC(CC(=O)O)CC(C)C)C1=O. The van der Waals surface area contributed by atoms with Crippen molar-refractivity contribution in [2.24, 2.45) is 11.8 Å². The van der Waals surface area contributed by atoms with Crippen molar-refractivity contribution in [1.29, 1.82) is 0 Å². The van der Waals surface area contributed by atoms with Crippen LogP contribution in [0.5, 0.6) is 0 Å². The van der Waals surface area contributed by atoms with Gasteiger partial charge in [0.05, 0.1) is 0 Å². The van der Waals surface area contributed by atoms with Gasteiger partial charge in [-0.25, -0.2) is 0 Å². The molecule has 0 radical (unpaired) electrons. The first kappa shape index (κ1) is 14.4. The van der Waals surface area contributed by atoms with Crippen LogP contribution in [0.1, 0.15) is 33.6 Å². The summed E-state index contributed by atoms with van der Waals surface area (Å²) in [5, 5.41) is 8.85. The first-order chi connectivity index (χ1) is 8.31. The van der Waals surface area contributed by atoms with E-state index in [1.807, 2.05) is 13.8 Å². The van der Waals surface area contributed by atoms with Crippen molar-refractivity contribution in [3.8, 4) is 0 Å². The number of rotatable bonds is 6. The predicted octanol–water partition coefficient (Wildman–Crippen LogP) is 1.44. The third-order valence-electron chi connectivity index (χ3n) is 2.90. The van der Waals surface area contributed by atoms with E-state index in [0.29, 0.717) is 17.9 Å². The lowest BCUT2D eigenvalue weighted by atomic mass is 9.93. The molecule has 0 aromatic rings. The molecular formula is C13H19NO4. The van der Waals surface area contributed by atoms with Crippen LogP contribution in [-0.4, -0.2) is 34.3 Å². The second-order valence-corrected chi connectivity index (χ2v) is 5.17. The number of nitrogens with zero attached hydrogens (tertiary/aromatic N) is 1. The summed E-state index contributed by atoms with van der Waals surface area (Å²) in [5.41, 5.74) is 0.415. The lowest BCUT2D eigenvalue weighted by molar-refractivity contribution is -0.142. The average molecular weight is 253 g/mol. The molecule has 1 rings (SSSR count). The second kappa shape index (κ2) is 5.80. The predicted molar refractivity (Wildman–Crippen MR) is 65.7 cm³/mol. The van der Waals surface area contributed by atoms with Gasteiger partial charge >= 0.3 is 5.97 Å². The summed E-state index contributed by atoms with van der Waals surface area (Å²) in [6.07, 6.45) is 1.96. The third kappa shape index (κ3) is 3.68. The van der Waals surface area contributed by atoms with Crippen molar-refractivity contribution in [1.82, 2.24) is 4.90 Å². The molecule has 1 aliphatic rings. The molecule has 0 bridgehead atoms. The molecule has 5 nitrogen and oxygen atoms in total. The van der Waals surface area contributed by atoms with Crippen LogP contribution >= 0.6 is 0 Å². The van der Waals surface area contributed by atoms with Gasteiger partial charge in [0.25, 0.3) is 11.8 Å². The fraction of sp³-hybridized carbons (Fsp3) is 0.615. The molecule has 0 spiro atoms. The molecule has 0 fully saturated rings. The monoisotopic (exact) mass is 253 g/mol. The lowest BCUT2D eigenvalue weighted by Gasteiger charge is -2.23. The van der Waals surface area contributed by atoms with E-state index in [1.54, 1.807) is 6.92 Å². The van der Waals surface area contributed by atoms with Crippen LogP contribution in [0.2, 0.25) is 0 Å². The first-order valence-electron chi connectivity index (χ1n) is 6.07. The zero-order valence-corrected chi connectivity index (χ0v) is 11.0. The van der Waals surface area contributed by atoms with Crippen LogP contribution in [0.4, 0.5) is 0 Å². The van der Waals surface area contributed by atoms with Gasteiger partial charge in [-0.2, -0.15) is 0 Å². The van der Waals surface area contributed by atoms with Crippen molar-refractivity contribution in [3.05, 3.63) is 11.6 Å². The van der Waals surface area contributed by atoms with Gasteiger partial charge in [0.1, 0.15) is 0 Å². The smallest absolute Gasteiger partial charge is 0.303 e. The zero-order chi connectivity index (χ0) is 13.9. The van der Waals surface area contributed by atoms with Crippen molar-refractivity contribution >= 4 is 17.8 Å². The maximum atomic E-state index is 11.7. The van der Waals surface area contributed by atoms with Gasteiger partial charge < -0.3 is 5.11 Å². The molecule has 1 heterocycles. The molecule has 1 aliphatic heterocycles. The van der Waals surface area contributed by atoms with E-state index in [9.17, 15) is 14.4 Å². The average Bonchev–Trinajstić information content (AvgIpc) is 2.43. The van der Waals surface area contributed by atoms with E-state index in [1.165, 1.54) is 6.08 Å². The Bertz CT molecular complexity index is 398. The van der Waals surface area contributed by atoms with Crippen LogP contribution in [0, 0.1) is 11.8 Å². The zero-order valence-electron chi connectivity index (χ0n) is 11.0. The largest absolute Gasteiger partial charge is 0.481 e. The molecule has 1 N–H and O–H groups in total. The highest BCUT2D eigenvalue weighted by atomic mass is 16.4. The molecule has 1 unspecified atom stereocenters. The molecule has 0 saturated carbocycles. The molecule has 0 saturated heterocycles. The number of carboxylic acid groups (broad SMARTS) is 1. The van der Waals surface area contributed by atoms with Crippen molar-refractivity contribution < 1.29 is 19.5 Å². The van der Waals surface area contributed by atoms with E-state index in [-0.39, 0.29) is 30.7 Å². The molecular weight excluding hydrogens is 234 g/mol. The van der Waals surface area contributed by atoms with Crippen molar-refractivity contribution in [2.75, 3.05) is 6.54 Å². The van der Waals surface area contributed by atoms with Gasteiger partial charge in [0.2, 0.25) is 0 Å². The number of hydrogen-bond donors (Lipinski definition) is 1. The minimum absolute atomic E-state index is 0.0196. The summed E-state index contributed by atoms with van der Waals surface area (Å²) in [4.78, 5) is 35.2. The molecule has 1 atom stereocenters. The highest BCUT2D eigenvalue weighted by Gasteiger charge is 2.31. The van der Waals surface area contributed by atoms with E-state index in [4.69, 9.17) is 5.11 Å². The summed E-state index contributed by atoms with van der Waals surface area (Å²) in [6.45, 7) is 5.77. The van der Waals surface area contributed by atoms with E-state index >= 15 is 0 Å². The lowest BCUT2D eigenvalue weighted by Crippen LogP contribution is -2.36. The summed E-state index contributed by atoms with van der Waals surface area (Å²) in [5.74, 6) is -1.40. The second-order valence-electron chi connectivity index (χ2n) is 5.17. The molecule has 0 aromatic carbocycles. The minimum atomic E-state index is -0.899. The van der Waals surface area contributed by atoms with Gasteiger partial charge in [-0.1, -0.05) is 13.8 Å². The minimum Gasteiger partial charge on any atom is -0.481 e. The fourth-order valence-corrected chi connectivity index (χ4v) is 2.20. The fourth-order valence-electron chi connectivity index (χ4n) is 2.20. The van der Waals surface area contributed by atoms with Gasteiger partial charge in [0, 0.05) is 24.6 Å². The number of carbonyl (C=O) groups is 3. The number of imide groups is 1. The summed E-state index contributed by atoms with van der Waals surface area (Å²) >= 11 is 0. The van der Waals surface area contributed by atoms with E-state index in [2.05, 4.69) is 0 Å². The molecule has 0 aromatic heterocycles. The molecule has 5 heteroatoms. The van der Waals surface area contributed by atoms with E-state index < -0.39 is 5.97 Å². The van der Waals surface area contributed by atoms with Gasteiger partial charge in [0.15, 0.2) is 0 Å². The third-order valence-corrected chi connectivity index (χ3v) is 2.90. The highest BCUT2D eigenvalue weighted by Crippen LogP contribution is 2.21. The van der Waals surface area contributed by atoms with Crippen molar-refractivity contribution in [3.63, 3.8) is 0 Å². The quantitative estimate of drug-likeness (QED) is 0.727. The summed E-state index contributed by atoms with van der Waals surface area (Å²) in [6, 6.07) is 0. The number of hydrogen-bond acceptors (Lipinski definition) is 3. The van der Waals surface area contributed by atoms with Gasteiger partial charge in [-0.15, -0.1) is 0 Å². The maximum Gasteiger partial charge on any atom is 0.303 e. The molecule has 100 valence electrons. The maximum absolute atomic E-state index is 11.7. The Hall–Kier alpha value is -1.65. The Labute approximate surface area is 106 Å². The number of aliphatic carboxylic acids is 1. The van der Waals surface area contributed by atoms with Crippen LogP contribution in [0.3, 0.4) is 0 Å². The number of carboxylic acids is 1. The van der Waals surface area contributed by atoms with Crippen LogP contribution in [-0.2, 0) is 14.4 Å². The highest BCUT2D eigenvalue weighted by molar-refractivity contribution is 6.15. The summed E-state index contributed by atoms with van der Waals surface area (Å²) in [7, 11) is 0. The van der Waals surface area contributed by atoms with Crippen molar-refractivity contribution in [2.45, 2.75) is 33.6 Å². The molecule has 18 heavy (non-hydrogen) atoms. The van der Waals surface area contributed by atoms with Crippen LogP contribution in [0.25, 0.3) is 0 Å². The molecule has 2 amide bonds. The van der Waals surface area contributed by atoms with Gasteiger partial charge in [-0.05, 0) is 25.2 Å². The Morgan fingerprint density at radius 2 is 2.00 bits per heavy atom. The number of amides is 2. The Morgan fingerprint density at radius 1 is 1.39 bits per heavy atom. The van der Waals surface area contributed by atoms with Crippen LogP contribution < -0.4 is 0 Å². The molecule has 0 aliphatic carbocycles. The van der Waals surface area contributed by atoms with E-state index in [0.717, 1.165) is 4.90 Å². The Morgan fingerprint density at radius 3 is 2.39 bits per heavy atom. The number of carbonyl (C=O) groups excluding carboxylic acids is 2. The summed E-state index contributed by atoms with van der Waals surface area (Å²) < 4.78 is 0. The first-order valence-corrected chi connectivity index (χ1v) is 6.07. The Kier molecular flexibility index (Phi) is 4.64. The Balaban J connectivity index is 2.69. The standard InChI is InChI=1S/C13H19NO4/c1-8(2)4-10(6-12(16)17)7-14-11(15)5-9(3)13(14)18/h5,8,10H,4,6-7H2,1-3H3,(H,16,17). The van der Waals surface area contributed by atoms with Crippen LogP contribution in [0.15, 0.2) is 11.6 Å². The normalized spacial score (nSPS) is 17.3.